The van der Waals surface area contributed by atoms with Crippen molar-refractivity contribution in [2.75, 3.05) is 0 Å². The molecule has 0 saturated heterocycles. The maximum atomic E-state index is 12.2. The van der Waals surface area contributed by atoms with Gasteiger partial charge < -0.3 is 13.7 Å². The van der Waals surface area contributed by atoms with Crippen LogP contribution in [0.5, 0.6) is 5.75 Å². The average Bonchev–Trinajstić information content (AvgIpc) is 2.69. The summed E-state index contributed by atoms with van der Waals surface area (Å²) in [5.41, 5.74) is -4.72. The Labute approximate surface area is 117 Å². The third kappa shape index (κ3) is 3.27. The minimum absolute atomic E-state index is 0.0451. The summed E-state index contributed by atoms with van der Waals surface area (Å²) in [5.74, 6) is -1.09. The molecule has 0 spiro atoms. The van der Waals surface area contributed by atoms with E-state index in [9.17, 15) is 26.4 Å². The number of alkyl halides is 3. The Kier molecular flexibility index (Phi) is 3.85. The molecule has 0 amide bonds. The van der Waals surface area contributed by atoms with Crippen molar-refractivity contribution in [3.05, 3.63) is 29.3 Å². The molecule has 0 aliphatic carbocycles. The van der Waals surface area contributed by atoms with E-state index < -0.39 is 33.6 Å². The van der Waals surface area contributed by atoms with E-state index in [1.54, 1.807) is 0 Å². The summed E-state index contributed by atoms with van der Waals surface area (Å²) in [4.78, 5) is 10.8. The van der Waals surface area contributed by atoms with Crippen LogP contribution in [0.25, 0.3) is 0 Å². The second-order valence-corrected chi connectivity index (χ2v) is 5.63. The molecule has 21 heavy (non-hydrogen) atoms. The number of halogens is 3. The van der Waals surface area contributed by atoms with Gasteiger partial charge in [0.15, 0.2) is 0 Å². The van der Waals surface area contributed by atoms with Gasteiger partial charge in [-0.2, -0.15) is 21.6 Å². The SMILES string of the molecule is CC(=O)O[C@@H]1OCc2cc(OS(=O)(=O)C(F)(F)F)ccc21. The van der Waals surface area contributed by atoms with E-state index in [4.69, 9.17) is 9.47 Å². The van der Waals surface area contributed by atoms with E-state index in [-0.39, 0.29) is 6.61 Å². The quantitative estimate of drug-likeness (QED) is 0.480. The summed E-state index contributed by atoms with van der Waals surface area (Å²) >= 11 is 0. The van der Waals surface area contributed by atoms with Crippen molar-refractivity contribution in [1.29, 1.82) is 0 Å². The van der Waals surface area contributed by atoms with E-state index in [2.05, 4.69) is 4.18 Å². The summed E-state index contributed by atoms with van der Waals surface area (Å²) in [6.45, 7) is 1.13. The van der Waals surface area contributed by atoms with E-state index in [0.717, 1.165) is 12.1 Å². The zero-order valence-electron chi connectivity index (χ0n) is 10.5. The number of hydrogen-bond donors (Lipinski definition) is 0. The molecule has 1 aromatic rings. The Hall–Kier alpha value is -1.81. The highest BCUT2D eigenvalue weighted by Gasteiger charge is 2.48. The minimum atomic E-state index is -5.73. The van der Waals surface area contributed by atoms with Crippen molar-refractivity contribution in [3.63, 3.8) is 0 Å². The first-order valence-electron chi connectivity index (χ1n) is 5.52. The molecule has 2 rings (SSSR count). The largest absolute Gasteiger partial charge is 0.534 e. The fraction of sp³-hybridized carbons (Fsp3) is 0.364. The van der Waals surface area contributed by atoms with Crippen LogP contribution in [0, 0.1) is 0 Å². The highest BCUT2D eigenvalue weighted by atomic mass is 32.2. The number of carbonyl (C=O) groups excluding carboxylic acids is 1. The van der Waals surface area contributed by atoms with E-state index in [0.29, 0.717) is 11.1 Å². The smallest absolute Gasteiger partial charge is 0.431 e. The van der Waals surface area contributed by atoms with Crippen molar-refractivity contribution in [1.82, 2.24) is 0 Å². The lowest BCUT2D eigenvalue weighted by atomic mass is 10.1. The molecule has 0 saturated carbocycles. The van der Waals surface area contributed by atoms with Gasteiger partial charge >= 0.3 is 21.6 Å². The molecular formula is C11H9F3O6S. The van der Waals surface area contributed by atoms with Crippen LogP contribution in [0.3, 0.4) is 0 Å². The Morgan fingerprint density at radius 2 is 2.05 bits per heavy atom. The first-order valence-corrected chi connectivity index (χ1v) is 6.93. The Morgan fingerprint density at radius 3 is 2.62 bits per heavy atom. The summed E-state index contributed by atoms with van der Waals surface area (Å²) in [6, 6.07) is 3.38. The van der Waals surface area contributed by atoms with Gasteiger partial charge in [-0.25, -0.2) is 0 Å². The molecule has 0 radical (unpaired) electrons. The number of rotatable bonds is 3. The van der Waals surface area contributed by atoms with Crippen LogP contribution < -0.4 is 4.18 Å². The topological polar surface area (TPSA) is 78.9 Å². The molecule has 116 valence electrons. The molecule has 1 aliphatic rings. The van der Waals surface area contributed by atoms with Crippen LogP contribution in [0.1, 0.15) is 24.3 Å². The second-order valence-electron chi connectivity index (χ2n) is 4.10. The monoisotopic (exact) mass is 326 g/mol. The number of benzene rings is 1. The van der Waals surface area contributed by atoms with Crippen LogP contribution in [0.15, 0.2) is 18.2 Å². The van der Waals surface area contributed by atoms with Crippen molar-refractivity contribution in [3.8, 4) is 5.75 Å². The highest BCUT2D eigenvalue weighted by molar-refractivity contribution is 7.87. The molecule has 1 aliphatic heterocycles. The Balaban J connectivity index is 2.22. The summed E-state index contributed by atoms with van der Waals surface area (Å²) in [5, 5.41) is 0. The third-order valence-corrected chi connectivity index (χ3v) is 3.50. The van der Waals surface area contributed by atoms with Crippen LogP contribution >= 0.6 is 0 Å². The molecular weight excluding hydrogens is 317 g/mol. The van der Waals surface area contributed by atoms with Gasteiger partial charge in [0.05, 0.1) is 6.61 Å². The van der Waals surface area contributed by atoms with Gasteiger partial charge in [-0.1, -0.05) is 0 Å². The highest BCUT2D eigenvalue weighted by Crippen LogP contribution is 2.35. The lowest BCUT2D eigenvalue weighted by Gasteiger charge is -2.12. The number of esters is 1. The molecule has 0 fully saturated rings. The molecule has 6 nitrogen and oxygen atoms in total. The fourth-order valence-electron chi connectivity index (χ4n) is 1.67. The predicted octanol–water partition coefficient (Wildman–Crippen LogP) is 2.01. The van der Waals surface area contributed by atoms with Gasteiger partial charge in [0.2, 0.25) is 6.29 Å². The summed E-state index contributed by atoms with van der Waals surface area (Å²) < 4.78 is 72.3. The van der Waals surface area contributed by atoms with Crippen LogP contribution in [0.2, 0.25) is 0 Å². The fourth-order valence-corrected chi connectivity index (χ4v) is 2.12. The average molecular weight is 326 g/mol. The maximum Gasteiger partial charge on any atom is 0.534 e. The lowest BCUT2D eigenvalue weighted by molar-refractivity contribution is -0.175. The van der Waals surface area contributed by atoms with Crippen molar-refractivity contribution < 1.29 is 40.0 Å². The van der Waals surface area contributed by atoms with Crippen molar-refractivity contribution in [2.45, 2.75) is 25.3 Å². The van der Waals surface area contributed by atoms with Crippen molar-refractivity contribution >= 4 is 16.1 Å². The van der Waals surface area contributed by atoms with E-state index in [1.807, 2.05) is 0 Å². The number of fused-ring (bicyclic) bond motifs is 1. The second kappa shape index (κ2) is 5.19. The number of hydrogen-bond acceptors (Lipinski definition) is 6. The summed E-state index contributed by atoms with van der Waals surface area (Å²) in [7, 11) is -5.73. The van der Waals surface area contributed by atoms with Crippen molar-refractivity contribution in [2.24, 2.45) is 0 Å². The molecule has 1 aromatic carbocycles. The normalized spacial score (nSPS) is 18.2. The van der Waals surface area contributed by atoms with Gasteiger partial charge in [0.1, 0.15) is 5.75 Å². The minimum Gasteiger partial charge on any atom is -0.431 e. The van der Waals surface area contributed by atoms with Gasteiger partial charge in [0.25, 0.3) is 0 Å². The number of ether oxygens (including phenoxy) is 2. The van der Waals surface area contributed by atoms with Gasteiger partial charge in [0, 0.05) is 12.5 Å². The Morgan fingerprint density at radius 1 is 1.38 bits per heavy atom. The van der Waals surface area contributed by atoms with E-state index >= 15 is 0 Å². The first kappa shape index (κ1) is 15.6. The molecule has 0 N–H and O–H groups in total. The Bertz CT molecular complexity index is 667. The molecule has 1 heterocycles. The van der Waals surface area contributed by atoms with Gasteiger partial charge in [-0.15, -0.1) is 0 Å². The lowest BCUT2D eigenvalue weighted by Crippen LogP contribution is -2.28. The van der Waals surface area contributed by atoms with Gasteiger partial charge in [-0.05, 0) is 23.8 Å². The van der Waals surface area contributed by atoms with Gasteiger partial charge in [-0.3, -0.25) is 4.79 Å². The van der Waals surface area contributed by atoms with Crippen LogP contribution in [0.4, 0.5) is 13.2 Å². The molecule has 0 bridgehead atoms. The van der Waals surface area contributed by atoms with E-state index in [1.165, 1.54) is 13.0 Å². The molecule has 0 aromatic heterocycles. The zero-order chi connectivity index (χ0) is 15.8. The standard InChI is InChI=1S/C11H9F3O6S/c1-6(15)19-10-9-3-2-8(4-7(9)5-18-10)20-21(16,17)11(12,13)14/h2-4,10H,5H2,1H3/t10-/m0/s1. The molecule has 10 heteroatoms. The maximum absolute atomic E-state index is 12.2. The first-order chi connectivity index (χ1) is 9.60. The third-order valence-electron chi connectivity index (χ3n) is 2.52. The predicted molar refractivity (Wildman–Crippen MR) is 61.3 cm³/mol. The molecule has 0 unspecified atom stereocenters. The van der Waals surface area contributed by atoms with Crippen LogP contribution in [-0.4, -0.2) is 19.9 Å². The van der Waals surface area contributed by atoms with Crippen LogP contribution in [-0.2, 0) is 31.0 Å². The number of carbonyl (C=O) groups is 1. The molecule has 1 atom stereocenters. The summed E-state index contributed by atoms with van der Waals surface area (Å²) in [6.07, 6.45) is -0.967. The zero-order valence-corrected chi connectivity index (χ0v) is 11.3.